The lowest BCUT2D eigenvalue weighted by Crippen LogP contribution is -2.43. The van der Waals surface area contributed by atoms with Gasteiger partial charge in [-0.25, -0.2) is 0 Å². The van der Waals surface area contributed by atoms with Crippen molar-refractivity contribution >= 4 is 6.29 Å². The third-order valence-electron chi connectivity index (χ3n) is 7.11. The maximum atomic E-state index is 11.7. The molecular weight excluding hydrogens is 336 g/mol. The predicted octanol–water partition coefficient (Wildman–Crippen LogP) is 3.40. The zero-order chi connectivity index (χ0) is 18.6. The third kappa shape index (κ3) is 4.44. The first kappa shape index (κ1) is 19.1. The van der Waals surface area contributed by atoms with E-state index < -0.39 is 0 Å². The van der Waals surface area contributed by atoms with Crippen LogP contribution in [0.25, 0.3) is 0 Å². The monoisotopic (exact) mass is 370 g/mol. The SMILES string of the molecule is O=CC1c2ccccc2CN1CC1CCN(CC(O)C2CCCCC2)CC1. The van der Waals surface area contributed by atoms with Gasteiger partial charge >= 0.3 is 0 Å². The highest BCUT2D eigenvalue weighted by Crippen LogP contribution is 2.34. The average molecular weight is 371 g/mol. The van der Waals surface area contributed by atoms with Crippen molar-refractivity contribution in [1.29, 1.82) is 0 Å². The van der Waals surface area contributed by atoms with E-state index >= 15 is 0 Å². The van der Waals surface area contributed by atoms with E-state index in [1.807, 2.05) is 6.07 Å². The van der Waals surface area contributed by atoms with Gasteiger partial charge in [-0.2, -0.15) is 0 Å². The van der Waals surface area contributed by atoms with Gasteiger partial charge in [-0.3, -0.25) is 4.90 Å². The van der Waals surface area contributed by atoms with Crippen LogP contribution in [0.2, 0.25) is 0 Å². The fourth-order valence-corrected chi connectivity index (χ4v) is 5.43. The highest BCUT2D eigenvalue weighted by Gasteiger charge is 2.32. The minimum Gasteiger partial charge on any atom is -0.392 e. The second kappa shape index (κ2) is 8.85. The van der Waals surface area contributed by atoms with E-state index in [1.54, 1.807) is 0 Å². The van der Waals surface area contributed by atoms with E-state index in [2.05, 4.69) is 28.0 Å². The molecule has 0 radical (unpaired) electrons. The molecule has 1 N–H and O–H groups in total. The van der Waals surface area contributed by atoms with E-state index in [9.17, 15) is 9.90 Å². The Morgan fingerprint density at radius 2 is 1.81 bits per heavy atom. The Kier molecular flexibility index (Phi) is 6.26. The zero-order valence-electron chi connectivity index (χ0n) is 16.4. The molecule has 1 saturated carbocycles. The van der Waals surface area contributed by atoms with Crippen molar-refractivity contribution in [2.45, 2.75) is 63.6 Å². The van der Waals surface area contributed by atoms with Crippen LogP contribution in [0.5, 0.6) is 0 Å². The average Bonchev–Trinajstić information content (AvgIpc) is 3.07. The van der Waals surface area contributed by atoms with Gasteiger partial charge in [0.05, 0.1) is 12.1 Å². The summed E-state index contributed by atoms with van der Waals surface area (Å²) in [6, 6.07) is 8.30. The van der Waals surface area contributed by atoms with Crippen molar-refractivity contribution in [2.75, 3.05) is 26.2 Å². The lowest BCUT2D eigenvalue weighted by atomic mass is 9.85. The largest absolute Gasteiger partial charge is 0.392 e. The van der Waals surface area contributed by atoms with Gasteiger partial charge in [-0.05, 0) is 61.7 Å². The van der Waals surface area contributed by atoms with Gasteiger partial charge in [-0.15, -0.1) is 0 Å². The summed E-state index contributed by atoms with van der Waals surface area (Å²) in [7, 11) is 0. The molecule has 1 aromatic carbocycles. The molecule has 148 valence electrons. The van der Waals surface area contributed by atoms with Crippen molar-refractivity contribution in [2.24, 2.45) is 11.8 Å². The summed E-state index contributed by atoms with van der Waals surface area (Å²) in [6.45, 7) is 4.93. The Morgan fingerprint density at radius 3 is 2.56 bits per heavy atom. The smallest absolute Gasteiger partial charge is 0.141 e. The van der Waals surface area contributed by atoms with Crippen LogP contribution in [0.1, 0.15) is 62.1 Å². The summed E-state index contributed by atoms with van der Waals surface area (Å²) in [4.78, 5) is 16.5. The number of carbonyl (C=O) groups excluding carboxylic acids is 1. The van der Waals surface area contributed by atoms with Crippen LogP contribution in [-0.4, -0.2) is 53.5 Å². The number of hydrogen-bond donors (Lipinski definition) is 1. The summed E-state index contributed by atoms with van der Waals surface area (Å²) in [5, 5.41) is 10.6. The Hall–Kier alpha value is -1.23. The fourth-order valence-electron chi connectivity index (χ4n) is 5.43. The quantitative estimate of drug-likeness (QED) is 0.780. The lowest BCUT2D eigenvalue weighted by molar-refractivity contribution is -0.112. The summed E-state index contributed by atoms with van der Waals surface area (Å²) in [5.74, 6) is 1.18. The molecule has 0 bridgehead atoms. The molecular formula is C23H34N2O2. The summed E-state index contributed by atoms with van der Waals surface area (Å²) < 4.78 is 0. The molecule has 4 rings (SSSR count). The summed E-state index contributed by atoms with van der Waals surface area (Å²) in [5.41, 5.74) is 2.50. The first-order valence-corrected chi connectivity index (χ1v) is 10.9. The van der Waals surface area contributed by atoms with Gasteiger partial charge in [0.1, 0.15) is 6.29 Å². The van der Waals surface area contributed by atoms with E-state index in [0.29, 0.717) is 11.8 Å². The van der Waals surface area contributed by atoms with Crippen LogP contribution >= 0.6 is 0 Å². The molecule has 0 aromatic heterocycles. The number of aliphatic hydroxyl groups is 1. The molecule has 1 aromatic rings. The molecule has 27 heavy (non-hydrogen) atoms. The van der Waals surface area contributed by atoms with Crippen molar-refractivity contribution in [3.8, 4) is 0 Å². The van der Waals surface area contributed by atoms with Crippen LogP contribution in [0, 0.1) is 11.8 Å². The number of fused-ring (bicyclic) bond motifs is 1. The highest BCUT2D eigenvalue weighted by molar-refractivity contribution is 5.64. The van der Waals surface area contributed by atoms with E-state index in [1.165, 1.54) is 56.1 Å². The second-order valence-electron chi connectivity index (χ2n) is 8.92. The molecule has 2 aliphatic heterocycles. The zero-order valence-corrected chi connectivity index (χ0v) is 16.4. The van der Waals surface area contributed by atoms with Gasteiger partial charge in [0.25, 0.3) is 0 Å². The van der Waals surface area contributed by atoms with E-state index in [4.69, 9.17) is 0 Å². The van der Waals surface area contributed by atoms with E-state index in [0.717, 1.165) is 39.0 Å². The summed E-state index contributed by atoms with van der Waals surface area (Å²) >= 11 is 0. The van der Waals surface area contributed by atoms with Gasteiger partial charge < -0.3 is 14.8 Å². The number of likely N-dealkylation sites (tertiary alicyclic amines) is 1. The highest BCUT2D eigenvalue weighted by atomic mass is 16.3. The topological polar surface area (TPSA) is 43.8 Å². The molecule has 1 aliphatic carbocycles. The second-order valence-corrected chi connectivity index (χ2v) is 8.92. The molecule has 4 heteroatoms. The molecule has 4 nitrogen and oxygen atoms in total. The van der Waals surface area contributed by atoms with Crippen LogP contribution in [0.4, 0.5) is 0 Å². The molecule has 1 saturated heterocycles. The van der Waals surface area contributed by atoms with Crippen molar-refractivity contribution in [3.63, 3.8) is 0 Å². The normalized spacial score (nSPS) is 26.8. The number of β-amino-alcohol motifs (C(OH)–C–C–N with tert-alkyl or cyclic N) is 1. The van der Waals surface area contributed by atoms with Gasteiger partial charge in [0, 0.05) is 19.6 Å². The van der Waals surface area contributed by atoms with Crippen LogP contribution in [0.15, 0.2) is 24.3 Å². The molecule has 2 heterocycles. The lowest BCUT2D eigenvalue weighted by Gasteiger charge is -2.37. The number of nitrogens with zero attached hydrogens (tertiary/aromatic N) is 2. The van der Waals surface area contributed by atoms with Crippen LogP contribution < -0.4 is 0 Å². The van der Waals surface area contributed by atoms with Crippen molar-refractivity contribution < 1.29 is 9.90 Å². The number of benzene rings is 1. The Labute approximate surface area is 163 Å². The molecule has 0 amide bonds. The number of aliphatic hydroxyl groups excluding tert-OH is 1. The van der Waals surface area contributed by atoms with Gasteiger partial charge in [0.2, 0.25) is 0 Å². The summed E-state index contributed by atoms with van der Waals surface area (Å²) in [6.07, 6.45) is 9.67. The number of rotatable bonds is 6. The molecule has 0 spiro atoms. The van der Waals surface area contributed by atoms with Crippen molar-refractivity contribution in [3.05, 3.63) is 35.4 Å². The first-order chi connectivity index (χ1) is 13.2. The third-order valence-corrected chi connectivity index (χ3v) is 7.11. The Morgan fingerprint density at radius 1 is 1.07 bits per heavy atom. The molecule has 3 aliphatic rings. The number of hydrogen-bond acceptors (Lipinski definition) is 4. The Balaban J connectivity index is 1.24. The number of piperidine rings is 1. The number of aldehydes is 1. The van der Waals surface area contributed by atoms with Crippen molar-refractivity contribution in [1.82, 2.24) is 9.80 Å². The molecule has 2 unspecified atom stereocenters. The Bertz CT molecular complexity index is 621. The minimum absolute atomic E-state index is 0.0626. The van der Waals surface area contributed by atoms with Crippen LogP contribution in [0.3, 0.4) is 0 Å². The predicted molar refractivity (Wildman–Crippen MR) is 107 cm³/mol. The number of carbonyl (C=O) groups is 1. The minimum atomic E-state index is -0.144. The molecule has 2 fully saturated rings. The maximum absolute atomic E-state index is 11.7. The van der Waals surface area contributed by atoms with Gasteiger partial charge in [0.15, 0.2) is 0 Å². The maximum Gasteiger partial charge on any atom is 0.141 e. The fraction of sp³-hybridized carbons (Fsp3) is 0.696. The van der Waals surface area contributed by atoms with Crippen LogP contribution in [-0.2, 0) is 11.3 Å². The first-order valence-electron chi connectivity index (χ1n) is 10.9. The molecule has 2 atom stereocenters. The standard InChI is InChI=1S/C23H34N2O2/c26-17-22-21-9-5-4-8-20(21)15-25(22)14-18-10-12-24(13-11-18)16-23(27)19-6-2-1-3-7-19/h4-5,8-9,17-19,22-23,27H,1-3,6-7,10-16H2. The van der Waals surface area contributed by atoms with Gasteiger partial charge in [-0.1, -0.05) is 43.5 Å². The van der Waals surface area contributed by atoms with E-state index in [-0.39, 0.29) is 12.1 Å².